The number of hydrogen-bond donors (Lipinski definition) is 4. The Kier molecular flexibility index (Phi) is 5.45. The van der Waals surface area contributed by atoms with Gasteiger partial charge in [0.1, 0.15) is 11.4 Å². The minimum absolute atomic E-state index is 0.178. The molecule has 0 aromatic heterocycles. The molecule has 7 nitrogen and oxygen atoms in total. The van der Waals surface area contributed by atoms with Crippen LogP contribution in [0, 0.1) is 5.92 Å². The monoisotopic (exact) mass is 394 g/mol. The summed E-state index contributed by atoms with van der Waals surface area (Å²) in [5, 5.41) is 12.3. The molecule has 29 heavy (non-hydrogen) atoms. The van der Waals surface area contributed by atoms with Gasteiger partial charge in [0, 0.05) is 23.5 Å². The summed E-state index contributed by atoms with van der Waals surface area (Å²) >= 11 is 0. The van der Waals surface area contributed by atoms with Crippen LogP contribution in [0.3, 0.4) is 0 Å². The Morgan fingerprint density at radius 1 is 1.24 bits per heavy atom. The van der Waals surface area contributed by atoms with Crippen LogP contribution in [-0.4, -0.2) is 38.4 Å². The highest BCUT2D eigenvalue weighted by Crippen LogP contribution is 2.34. The molecule has 0 saturated carbocycles. The Morgan fingerprint density at radius 3 is 2.83 bits per heavy atom. The van der Waals surface area contributed by atoms with Crippen molar-refractivity contribution >= 4 is 17.1 Å². The largest absolute Gasteiger partial charge is 0.495 e. The summed E-state index contributed by atoms with van der Waals surface area (Å²) in [5.74, 6) is 1.15. The van der Waals surface area contributed by atoms with Crippen LogP contribution >= 0.6 is 0 Å². The van der Waals surface area contributed by atoms with Crippen molar-refractivity contribution in [3.05, 3.63) is 53.8 Å². The van der Waals surface area contributed by atoms with E-state index < -0.39 is 0 Å². The lowest BCUT2D eigenvalue weighted by Gasteiger charge is -2.34. The molecule has 3 aliphatic rings. The van der Waals surface area contributed by atoms with E-state index >= 15 is 0 Å². The maximum Gasteiger partial charge on any atom is 0.174 e. The van der Waals surface area contributed by atoms with E-state index in [-0.39, 0.29) is 18.5 Å². The summed E-state index contributed by atoms with van der Waals surface area (Å²) < 4.78 is 5.62. The van der Waals surface area contributed by atoms with Crippen molar-refractivity contribution in [3.8, 4) is 5.75 Å². The third-order valence-corrected chi connectivity index (χ3v) is 5.74. The summed E-state index contributed by atoms with van der Waals surface area (Å²) in [6, 6.07) is 6.26. The quantitative estimate of drug-likeness (QED) is 0.616. The number of nitrogens with zero attached hydrogens (tertiary/aromatic N) is 2. The number of anilines is 2. The number of ether oxygens (including phenoxy) is 1. The molecule has 0 radical (unpaired) electrons. The second kappa shape index (κ2) is 8.02. The van der Waals surface area contributed by atoms with Crippen LogP contribution in [0.15, 0.2) is 58.8 Å². The molecule has 1 aliphatic carbocycles. The molecule has 2 heterocycles. The molecule has 7 heteroatoms. The molecule has 154 valence electrons. The van der Waals surface area contributed by atoms with Gasteiger partial charge in [-0.05, 0) is 44.7 Å². The number of allylic oxidation sites excluding steroid dienone is 2. The minimum atomic E-state index is -0.189. The molecule has 4 rings (SSSR count). The van der Waals surface area contributed by atoms with Gasteiger partial charge in [-0.15, -0.1) is 0 Å². The Bertz CT molecular complexity index is 903. The van der Waals surface area contributed by atoms with Crippen molar-refractivity contribution < 1.29 is 4.74 Å². The summed E-state index contributed by atoms with van der Waals surface area (Å²) in [7, 11) is 3.66. The number of rotatable bonds is 5. The molecule has 2 aliphatic heterocycles. The lowest BCUT2D eigenvalue weighted by atomic mass is 10.0. The van der Waals surface area contributed by atoms with E-state index in [4.69, 9.17) is 9.73 Å². The van der Waals surface area contributed by atoms with Crippen molar-refractivity contribution in [1.82, 2.24) is 16.1 Å². The molecule has 1 aromatic rings. The SMILES string of the molecule is CNC1NC(Nc2ccc(OC)c(N3C=C4C=C(C)C=CC4N3)c2)N=C(C)C1C. The van der Waals surface area contributed by atoms with E-state index in [9.17, 15) is 0 Å². The van der Waals surface area contributed by atoms with Gasteiger partial charge in [0.2, 0.25) is 0 Å². The first-order chi connectivity index (χ1) is 14.0. The van der Waals surface area contributed by atoms with Gasteiger partial charge in [-0.25, -0.2) is 5.43 Å². The van der Waals surface area contributed by atoms with Gasteiger partial charge in [-0.2, -0.15) is 0 Å². The third-order valence-electron chi connectivity index (χ3n) is 5.74. The average molecular weight is 395 g/mol. The first-order valence-corrected chi connectivity index (χ1v) is 10.0. The van der Waals surface area contributed by atoms with Gasteiger partial charge in [0.25, 0.3) is 0 Å². The van der Waals surface area contributed by atoms with Gasteiger partial charge in [0.15, 0.2) is 6.29 Å². The molecule has 1 aromatic carbocycles. The molecule has 4 N–H and O–H groups in total. The number of benzene rings is 1. The first-order valence-electron chi connectivity index (χ1n) is 10.0. The Balaban J connectivity index is 1.58. The normalized spacial score (nSPS) is 28.4. The summed E-state index contributed by atoms with van der Waals surface area (Å²) in [6.07, 6.45) is 8.64. The maximum absolute atomic E-state index is 5.62. The predicted octanol–water partition coefficient (Wildman–Crippen LogP) is 2.73. The molecular formula is C22H30N6O. The Labute approximate surface area is 172 Å². The van der Waals surface area contributed by atoms with Crippen LogP contribution in [0.4, 0.5) is 11.4 Å². The average Bonchev–Trinajstić information content (AvgIpc) is 3.13. The second-order valence-electron chi connectivity index (χ2n) is 7.78. The van der Waals surface area contributed by atoms with Crippen LogP contribution < -0.4 is 31.1 Å². The predicted molar refractivity (Wildman–Crippen MR) is 119 cm³/mol. The Morgan fingerprint density at radius 2 is 2.07 bits per heavy atom. The van der Waals surface area contributed by atoms with Crippen LogP contribution in [0.1, 0.15) is 20.8 Å². The number of aliphatic imine (C=N–C) groups is 1. The lowest BCUT2D eigenvalue weighted by Crippen LogP contribution is -2.56. The van der Waals surface area contributed by atoms with E-state index in [0.717, 1.165) is 22.8 Å². The van der Waals surface area contributed by atoms with Gasteiger partial charge < -0.3 is 15.4 Å². The molecule has 4 unspecified atom stereocenters. The fourth-order valence-electron chi connectivity index (χ4n) is 3.92. The number of hydrazine groups is 1. The highest BCUT2D eigenvalue weighted by atomic mass is 16.5. The molecule has 0 spiro atoms. The van der Waals surface area contributed by atoms with Gasteiger partial charge in [-0.3, -0.25) is 15.3 Å². The first kappa shape index (κ1) is 19.7. The van der Waals surface area contributed by atoms with E-state index in [1.165, 1.54) is 11.1 Å². The zero-order valence-corrected chi connectivity index (χ0v) is 17.7. The van der Waals surface area contributed by atoms with Gasteiger partial charge in [0.05, 0.1) is 19.3 Å². The number of nitrogens with one attached hydrogen (secondary N) is 4. The highest BCUT2D eigenvalue weighted by molar-refractivity contribution is 5.85. The molecule has 4 atom stereocenters. The summed E-state index contributed by atoms with van der Waals surface area (Å²) in [6.45, 7) is 6.36. The van der Waals surface area contributed by atoms with Crippen LogP contribution in [0.2, 0.25) is 0 Å². The van der Waals surface area contributed by atoms with E-state index in [1.807, 2.05) is 24.2 Å². The standard InChI is InChI=1S/C22H30N6O/c1-13-6-8-18-16(10-13)12-28(27-18)19-11-17(7-9-20(19)29-5)25-22-24-15(3)14(2)21(23-4)26-22/h6-12,14,18,21-23,25-27H,1-5H3. The second-order valence-corrected chi connectivity index (χ2v) is 7.78. The van der Waals surface area contributed by atoms with E-state index in [1.54, 1.807) is 7.11 Å². The minimum Gasteiger partial charge on any atom is -0.495 e. The fraction of sp³-hybridized carbons (Fsp3) is 0.409. The fourth-order valence-corrected chi connectivity index (χ4v) is 3.92. The highest BCUT2D eigenvalue weighted by Gasteiger charge is 2.28. The molecule has 0 bridgehead atoms. The summed E-state index contributed by atoms with van der Waals surface area (Å²) in [4.78, 5) is 4.76. The van der Waals surface area contributed by atoms with Gasteiger partial charge >= 0.3 is 0 Å². The zero-order valence-electron chi connectivity index (χ0n) is 17.7. The van der Waals surface area contributed by atoms with Gasteiger partial charge in [-0.1, -0.05) is 30.7 Å². The summed E-state index contributed by atoms with van der Waals surface area (Å²) in [5.41, 5.74) is 9.05. The van der Waals surface area contributed by atoms with Crippen molar-refractivity contribution in [2.75, 3.05) is 24.5 Å². The smallest absolute Gasteiger partial charge is 0.174 e. The number of hydrogen-bond acceptors (Lipinski definition) is 7. The van der Waals surface area contributed by atoms with Crippen molar-refractivity contribution in [2.45, 2.75) is 39.3 Å². The Hall–Kier alpha value is -2.61. The zero-order chi connectivity index (χ0) is 20.5. The van der Waals surface area contributed by atoms with Crippen molar-refractivity contribution in [1.29, 1.82) is 0 Å². The third kappa shape index (κ3) is 3.94. The maximum atomic E-state index is 5.62. The molecule has 0 amide bonds. The number of methoxy groups -OCH3 is 1. The topological polar surface area (TPSA) is 72.9 Å². The number of fused-ring (bicyclic) bond motifs is 1. The molecule has 0 saturated heterocycles. The van der Waals surface area contributed by atoms with Crippen LogP contribution in [0.5, 0.6) is 5.75 Å². The molecular weight excluding hydrogens is 364 g/mol. The van der Waals surface area contributed by atoms with Crippen LogP contribution in [0.25, 0.3) is 0 Å². The van der Waals surface area contributed by atoms with Crippen LogP contribution in [-0.2, 0) is 0 Å². The van der Waals surface area contributed by atoms with E-state index in [2.05, 4.69) is 72.6 Å². The molecule has 0 fully saturated rings. The van der Waals surface area contributed by atoms with Crippen molar-refractivity contribution in [3.63, 3.8) is 0 Å². The van der Waals surface area contributed by atoms with Crippen molar-refractivity contribution in [2.24, 2.45) is 10.9 Å². The van der Waals surface area contributed by atoms with E-state index in [0.29, 0.717) is 5.92 Å². The lowest BCUT2D eigenvalue weighted by molar-refractivity contribution is 0.343.